The van der Waals surface area contributed by atoms with E-state index in [0.29, 0.717) is 12.1 Å². The lowest BCUT2D eigenvalue weighted by atomic mass is 10.1. The number of amides is 1. The number of aromatic amines is 1. The number of nitrogens with zero attached hydrogens (tertiary/aromatic N) is 1. The molecule has 2 aromatic carbocycles. The van der Waals surface area contributed by atoms with E-state index in [9.17, 15) is 4.79 Å². The predicted octanol–water partition coefficient (Wildman–Crippen LogP) is 6.18. The largest absolute Gasteiger partial charge is 0.453 e. The number of nitriles is 1. The molecular formula is C23H20Cl2FN3O2. The Labute approximate surface area is 189 Å². The van der Waals surface area contributed by atoms with Crippen LogP contribution in [0.2, 0.25) is 10.0 Å². The van der Waals surface area contributed by atoms with Gasteiger partial charge in [0.15, 0.2) is 11.6 Å². The second-order valence-corrected chi connectivity index (χ2v) is 7.64. The summed E-state index contributed by atoms with van der Waals surface area (Å²) < 4.78 is 20.7. The monoisotopic (exact) mass is 459 g/mol. The van der Waals surface area contributed by atoms with E-state index >= 15 is 4.39 Å². The van der Waals surface area contributed by atoms with Crippen LogP contribution >= 0.6 is 23.2 Å². The summed E-state index contributed by atoms with van der Waals surface area (Å²) in [6, 6.07) is 9.27. The van der Waals surface area contributed by atoms with Crippen LogP contribution in [0.1, 0.15) is 46.6 Å². The Morgan fingerprint density at radius 1 is 1.19 bits per heavy atom. The lowest BCUT2D eigenvalue weighted by Crippen LogP contribution is -2.24. The van der Waals surface area contributed by atoms with Crippen molar-refractivity contribution in [3.05, 3.63) is 80.3 Å². The minimum Gasteiger partial charge on any atom is -0.453 e. The van der Waals surface area contributed by atoms with E-state index < -0.39 is 5.82 Å². The average Bonchev–Trinajstić information content (AvgIpc) is 3.18. The number of rotatable bonds is 7. The van der Waals surface area contributed by atoms with Gasteiger partial charge in [-0.25, -0.2) is 4.39 Å². The number of halogens is 3. The molecule has 3 aromatic rings. The molecule has 0 saturated carbocycles. The molecule has 0 unspecified atom stereocenters. The molecule has 1 heterocycles. The van der Waals surface area contributed by atoms with E-state index in [1.54, 1.807) is 0 Å². The molecule has 0 aliphatic rings. The Morgan fingerprint density at radius 3 is 2.65 bits per heavy atom. The highest BCUT2D eigenvalue weighted by atomic mass is 35.5. The minimum absolute atomic E-state index is 0.0521. The van der Waals surface area contributed by atoms with Gasteiger partial charge in [0.2, 0.25) is 0 Å². The van der Waals surface area contributed by atoms with E-state index in [-0.39, 0.29) is 45.1 Å². The maximum Gasteiger partial charge on any atom is 0.268 e. The Balaban J connectivity index is 1.81. The summed E-state index contributed by atoms with van der Waals surface area (Å²) in [5.74, 6) is -1.05. The van der Waals surface area contributed by atoms with Crippen molar-refractivity contribution in [1.29, 1.82) is 5.26 Å². The van der Waals surface area contributed by atoms with Gasteiger partial charge in [0.1, 0.15) is 11.4 Å². The van der Waals surface area contributed by atoms with Crippen LogP contribution in [0.5, 0.6) is 11.5 Å². The third kappa shape index (κ3) is 5.01. The molecule has 0 radical (unpaired) electrons. The highest BCUT2D eigenvalue weighted by Gasteiger charge is 2.19. The summed E-state index contributed by atoms with van der Waals surface area (Å²) >= 11 is 12.1. The van der Waals surface area contributed by atoms with Gasteiger partial charge < -0.3 is 15.0 Å². The van der Waals surface area contributed by atoms with E-state index in [1.807, 2.05) is 26.1 Å². The predicted molar refractivity (Wildman–Crippen MR) is 118 cm³/mol. The molecule has 1 aromatic heterocycles. The molecule has 0 aliphatic heterocycles. The summed E-state index contributed by atoms with van der Waals surface area (Å²) in [5.41, 5.74) is 2.99. The van der Waals surface area contributed by atoms with Crippen molar-refractivity contribution in [3.63, 3.8) is 0 Å². The van der Waals surface area contributed by atoms with Crippen molar-refractivity contribution in [2.24, 2.45) is 0 Å². The number of H-pyrrole nitrogens is 1. The fourth-order valence-corrected chi connectivity index (χ4v) is 3.70. The summed E-state index contributed by atoms with van der Waals surface area (Å²) in [4.78, 5) is 15.6. The Bertz CT molecular complexity index is 1170. The van der Waals surface area contributed by atoms with Gasteiger partial charge in [-0.3, -0.25) is 4.79 Å². The van der Waals surface area contributed by atoms with Crippen LogP contribution < -0.4 is 10.1 Å². The van der Waals surface area contributed by atoms with Crippen molar-refractivity contribution < 1.29 is 13.9 Å². The number of ether oxygens (including phenoxy) is 1. The fourth-order valence-electron chi connectivity index (χ4n) is 3.29. The van der Waals surface area contributed by atoms with Crippen LogP contribution in [0.15, 0.2) is 36.5 Å². The first kappa shape index (κ1) is 22.7. The summed E-state index contributed by atoms with van der Waals surface area (Å²) in [5, 5.41) is 12.1. The second kappa shape index (κ2) is 9.86. The molecule has 1 amide bonds. The Morgan fingerprint density at radius 2 is 1.97 bits per heavy atom. The van der Waals surface area contributed by atoms with Gasteiger partial charge in [-0.15, -0.1) is 0 Å². The van der Waals surface area contributed by atoms with Crippen LogP contribution in [0.3, 0.4) is 0 Å². The zero-order chi connectivity index (χ0) is 22.5. The number of hydrogen-bond donors (Lipinski definition) is 2. The highest BCUT2D eigenvalue weighted by molar-refractivity contribution is 6.32. The zero-order valence-corrected chi connectivity index (χ0v) is 18.5. The standard InChI is InChI=1S/C23H20Cl2FN3O2/c1-3-14-11-28-21(18(14)4-2)23(30)29-12-15-5-6-19(25)22(20(15)26)31-17-8-13(10-27)7-16(24)9-17/h5-9,11,28H,3-4,12H2,1-2H3,(H,29,30). The number of carbonyl (C=O) groups is 1. The molecule has 5 nitrogen and oxygen atoms in total. The number of aryl methyl sites for hydroxylation is 1. The van der Waals surface area contributed by atoms with Crippen LogP contribution in [0.25, 0.3) is 0 Å². The molecular weight excluding hydrogens is 440 g/mol. The molecule has 0 saturated heterocycles. The highest BCUT2D eigenvalue weighted by Crippen LogP contribution is 2.35. The van der Waals surface area contributed by atoms with Gasteiger partial charge in [0.05, 0.1) is 16.7 Å². The number of aromatic nitrogens is 1. The van der Waals surface area contributed by atoms with Crippen molar-refractivity contribution in [2.45, 2.75) is 33.2 Å². The second-order valence-electron chi connectivity index (χ2n) is 6.80. The van der Waals surface area contributed by atoms with Crippen LogP contribution in [-0.4, -0.2) is 10.9 Å². The molecule has 0 atom stereocenters. The molecule has 0 fully saturated rings. The molecule has 3 rings (SSSR count). The van der Waals surface area contributed by atoms with Gasteiger partial charge in [-0.05, 0) is 48.2 Å². The van der Waals surface area contributed by atoms with Gasteiger partial charge >= 0.3 is 0 Å². The van der Waals surface area contributed by atoms with Crippen LogP contribution in [0.4, 0.5) is 4.39 Å². The molecule has 160 valence electrons. The Kier molecular flexibility index (Phi) is 7.21. The average molecular weight is 460 g/mol. The number of nitrogens with one attached hydrogen (secondary N) is 2. The summed E-state index contributed by atoms with van der Waals surface area (Å²) in [6.07, 6.45) is 3.35. The first-order valence-electron chi connectivity index (χ1n) is 9.70. The van der Waals surface area contributed by atoms with E-state index in [1.165, 1.54) is 30.3 Å². The molecule has 0 bridgehead atoms. The fraction of sp³-hybridized carbons (Fsp3) is 0.217. The van der Waals surface area contributed by atoms with E-state index in [2.05, 4.69) is 10.3 Å². The van der Waals surface area contributed by atoms with Crippen molar-refractivity contribution in [2.75, 3.05) is 0 Å². The van der Waals surface area contributed by atoms with Gasteiger partial charge in [0, 0.05) is 23.3 Å². The summed E-state index contributed by atoms with van der Waals surface area (Å²) in [6.45, 7) is 3.95. The van der Waals surface area contributed by atoms with Gasteiger partial charge in [0.25, 0.3) is 5.91 Å². The maximum atomic E-state index is 15.1. The SMILES string of the molecule is CCc1c[nH]c(C(=O)NCc2ccc(Cl)c(Oc3cc(Cl)cc(C#N)c3)c2F)c1CC. The molecule has 0 spiro atoms. The third-order valence-corrected chi connectivity index (χ3v) is 5.35. The van der Waals surface area contributed by atoms with Gasteiger partial charge in [-0.1, -0.05) is 43.1 Å². The first-order chi connectivity index (χ1) is 14.9. The zero-order valence-electron chi connectivity index (χ0n) is 17.0. The van der Waals surface area contributed by atoms with E-state index in [4.69, 9.17) is 33.2 Å². The molecule has 8 heteroatoms. The van der Waals surface area contributed by atoms with Crippen molar-refractivity contribution >= 4 is 29.1 Å². The lowest BCUT2D eigenvalue weighted by molar-refractivity contribution is 0.0945. The van der Waals surface area contributed by atoms with Crippen molar-refractivity contribution in [3.8, 4) is 17.6 Å². The normalized spacial score (nSPS) is 10.6. The van der Waals surface area contributed by atoms with E-state index in [0.717, 1.165) is 17.5 Å². The summed E-state index contributed by atoms with van der Waals surface area (Å²) in [7, 11) is 0. The molecule has 0 aliphatic carbocycles. The smallest absolute Gasteiger partial charge is 0.268 e. The molecule has 2 N–H and O–H groups in total. The Hall–Kier alpha value is -3.01. The van der Waals surface area contributed by atoms with Gasteiger partial charge in [-0.2, -0.15) is 5.26 Å². The number of hydrogen-bond acceptors (Lipinski definition) is 3. The number of carbonyl (C=O) groups excluding carboxylic acids is 1. The quantitative estimate of drug-likeness (QED) is 0.442. The van der Waals surface area contributed by atoms with Crippen molar-refractivity contribution in [1.82, 2.24) is 10.3 Å². The molecule has 31 heavy (non-hydrogen) atoms. The maximum absolute atomic E-state index is 15.1. The number of benzene rings is 2. The topological polar surface area (TPSA) is 77.9 Å². The first-order valence-corrected chi connectivity index (χ1v) is 10.5. The lowest BCUT2D eigenvalue weighted by Gasteiger charge is -2.13. The minimum atomic E-state index is -0.706. The van der Waals surface area contributed by atoms with Crippen LogP contribution in [-0.2, 0) is 19.4 Å². The third-order valence-electron chi connectivity index (χ3n) is 4.83. The van der Waals surface area contributed by atoms with Crippen LogP contribution in [0, 0.1) is 17.1 Å².